The first kappa shape index (κ1) is 11.3. The summed E-state index contributed by atoms with van der Waals surface area (Å²) in [6.07, 6.45) is 2.24. The Morgan fingerprint density at radius 2 is 2.00 bits per heavy atom. The fraction of sp³-hybridized carbons (Fsp3) is 0.462. The Balaban J connectivity index is 2.18. The molecule has 0 bridgehead atoms. The molecule has 1 unspecified atom stereocenters. The van der Waals surface area contributed by atoms with Crippen molar-refractivity contribution < 1.29 is 9.90 Å². The molecule has 86 valence electrons. The van der Waals surface area contributed by atoms with Gasteiger partial charge in [0.05, 0.1) is 6.10 Å². The molecular weight excluding hydrogens is 202 g/mol. The van der Waals surface area contributed by atoms with E-state index in [2.05, 4.69) is 5.32 Å². The maximum absolute atomic E-state index is 10.9. The van der Waals surface area contributed by atoms with E-state index in [1.165, 1.54) is 0 Å². The van der Waals surface area contributed by atoms with Crippen molar-refractivity contribution in [3.63, 3.8) is 0 Å². The quantitative estimate of drug-likeness (QED) is 0.758. The first-order chi connectivity index (χ1) is 7.83. The van der Waals surface area contributed by atoms with Crippen LogP contribution >= 0.6 is 0 Å². The van der Waals surface area contributed by atoms with Gasteiger partial charge < -0.3 is 10.4 Å². The molecule has 3 heteroatoms. The number of hydrogen-bond acceptors (Lipinski definition) is 3. The first-order valence-electron chi connectivity index (χ1n) is 5.76. The average Bonchev–Trinajstić information content (AvgIpc) is 2.39. The Hall–Kier alpha value is -1.19. The van der Waals surface area contributed by atoms with E-state index < -0.39 is 6.10 Å². The van der Waals surface area contributed by atoms with Crippen LogP contribution in [0.3, 0.4) is 0 Å². The van der Waals surface area contributed by atoms with Crippen molar-refractivity contribution in [3.05, 3.63) is 35.4 Å². The minimum Gasteiger partial charge on any atom is -0.388 e. The molecule has 1 aromatic rings. The van der Waals surface area contributed by atoms with E-state index in [1.54, 1.807) is 6.07 Å². The first-order valence-corrected chi connectivity index (χ1v) is 5.76. The molecule has 1 heterocycles. The highest BCUT2D eigenvalue weighted by Gasteiger charge is 2.24. The molecule has 1 aromatic carbocycles. The van der Waals surface area contributed by atoms with Gasteiger partial charge in [0.25, 0.3) is 0 Å². The van der Waals surface area contributed by atoms with Crippen molar-refractivity contribution in [1.29, 1.82) is 0 Å². The van der Waals surface area contributed by atoms with Gasteiger partial charge in [0.1, 0.15) is 6.29 Å². The third-order valence-corrected chi connectivity index (χ3v) is 3.27. The smallest absolute Gasteiger partial charge is 0.150 e. The van der Waals surface area contributed by atoms with Gasteiger partial charge in [-0.15, -0.1) is 0 Å². The fourth-order valence-corrected chi connectivity index (χ4v) is 2.30. The highest BCUT2D eigenvalue weighted by molar-refractivity contribution is 5.77. The molecule has 0 aromatic heterocycles. The number of hydrogen-bond donors (Lipinski definition) is 2. The maximum Gasteiger partial charge on any atom is 0.150 e. The average molecular weight is 219 g/mol. The van der Waals surface area contributed by atoms with Gasteiger partial charge in [-0.25, -0.2) is 0 Å². The summed E-state index contributed by atoms with van der Waals surface area (Å²) in [5.41, 5.74) is 1.37. The van der Waals surface area contributed by atoms with E-state index >= 15 is 0 Å². The third-order valence-electron chi connectivity index (χ3n) is 3.27. The molecule has 0 amide bonds. The summed E-state index contributed by atoms with van der Waals surface area (Å²) in [7, 11) is 0. The van der Waals surface area contributed by atoms with Crippen molar-refractivity contribution in [2.75, 3.05) is 13.1 Å². The number of carbonyl (C=O) groups excluding carboxylic acids is 1. The molecule has 1 saturated heterocycles. The Morgan fingerprint density at radius 1 is 1.31 bits per heavy atom. The predicted molar refractivity (Wildman–Crippen MR) is 62.4 cm³/mol. The second-order valence-electron chi connectivity index (χ2n) is 4.28. The number of aliphatic hydroxyl groups is 1. The molecular formula is C13H17NO2. The molecule has 2 N–H and O–H groups in total. The van der Waals surface area contributed by atoms with Gasteiger partial charge in [-0.3, -0.25) is 4.79 Å². The highest BCUT2D eigenvalue weighted by atomic mass is 16.3. The minimum atomic E-state index is -0.511. The van der Waals surface area contributed by atoms with Crippen LogP contribution in [-0.4, -0.2) is 24.5 Å². The molecule has 0 aliphatic carbocycles. The van der Waals surface area contributed by atoms with Crippen LogP contribution in [0.15, 0.2) is 24.3 Å². The van der Waals surface area contributed by atoms with E-state index in [4.69, 9.17) is 0 Å². The van der Waals surface area contributed by atoms with Gasteiger partial charge >= 0.3 is 0 Å². The van der Waals surface area contributed by atoms with Crippen LogP contribution in [0.5, 0.6) is 0 Å². The van der Waals surface area contributed by atoms with Gasteiger partial charge in [-0.2, -0.15) is 0 Å². The number of nitrogens with one attached hydrogen (secondary N) is 1. The number of carbonyl (C=O) groups is 1. The van der Waals surface area contributed by atoms with E-state index in [9.17, 15) is 9.90 Å². The molecule has 16 heavy (non-hydrogen) atoms. The standard InChI is InChI=1S/C13H17NO2/c15-9-11-3-1-2-4-12(11)13(16)10-5-7-14-8-6-10/h1-4,9-10,13-14,16H,5-8H2. The van der Waals surface area contributed by atoms with Gasteiger partial charge in [0.2, 0.25) is 0 Å². The molecule has 0 radical (unpaired) electrons. The van der Waals surface area contributed by atoms with Crippen LogP contribution in [-0.2, 0) is 0 Å². The molecule has 0 saturated carbocycles. The molecule has 0 spiro atoms. The van der Waals surface area contributed by atoms with Gasteiger partial charge in [0, 0.05) is 5.56 Å². The molecule has 1 fully saturated rings. The van der Waals surface area contributed by atoms with Crippen LogP contribution < -0.4 is 5.32 Å². The largest absolute Gasteiger partial charge is 0.388 e. The Bertz CT molecular complexity index is 359. The zero-order chi connectivity index (χ0) is 11.4. The number of benzene rings is 1. The van der Waals surface area contributed by atoms with Gasteiger partial charge in [-0.05, 0) is 37.4 Å². The molecule has 1 atom stereocenters. The molecule has 1 aliphatic rings. The predicted octanol–water partition coefficient (Wildman–Crippen LogP) is 1.53. The highest BCUT2D eigenvalue weighted by Crippen LogP contribution is 2.29. The molecule has 3 nitrogen and oxygen atoms in total. The van der Waals surface area contributed by atoms with E-state index in [1.807, 2.05) is 18.2 Å². The lowest BCUT2D eigenvalue weighted by molar-refractivity contribution is 0.0871. The summed E-state index contributed by atoms with van der Waals surface area (Å²) in [5, 5.41) is 13.5. The lowest BCUT2D eigenvalue weighted by Gasteiger charge is -2.28. The minimum absolute atomic E-state index is 0.266. The van der Waals surface area contributed by atoms with Crippen molar-refractivity contribution >= 4 is 6.29 Å². The van der Waals surface area contributed by atoms with Gasteiger partial charge in [0.15, 0.2) is 0 Å². The number of piperidine rings is 1. The summed E-state index contributed by atoms with van der Waals surface area (Å²) in [4.78, 5) is 10.9. The van der Waals surface area contributed by atoms with Crippen LogP contribution in [0, 0.1) is 5.92 Å². The van der Waals surface area contributed by atoms with Crippen molar-refractivity contribution in [1.82, 2.24) is 5.32 Å². The van der Waals surface area contributed by atoms with Crippen LogP contribution in [0.25, 0.3) is 0 Å². The zero-order valence-corrected chi connectivity index (χ0v) is 9.23. The van der Waals surface area contributed by atoms with Crippen molar-refractivity contribution in [2.45, 2.75) is 18.9 Å². The third kappa shape index (κ3) is 2.31. The normalized spacial score (nSPS) is 19.3. The van der Waals surface area contributed by atoms with Crippen LogP contribution in [0.2, 0.25) is 0 Å². The second kappa shape index (κ2) is 5.23. The summed E-state index contributed by atoms with van der Waals surface area (Å²) in [6.45, 7) is 1.90. The van der Waals surface area contributed by atoms with E-state index in [-0.39, 0.29) is 5.92 Å². The van der Waals surface area contributed by atoms with Gasteiger partial charge in [-0.1, -0.05) is 24.3 Å². The zero-order valence-electron chi connectivity index (χ0n) is 9.23. The van der Waals surface area contributed by atoms with Crippen molar-refractivity contribution in [3.8, 4) is 0 Å². The van der Waals surface area contributed by atoms with Crippen molar-refractivity contribution in [2.24, 2.45) is 5.92 Å². The molecule has 2 rings (SSSR count). The summed E-state index contributed by atoms with van der Waals surface area (Å²) in [5.74, 6) is 0.266. The van der Waals surface area contributed by atoms with Crippen LogP contribution in [0.4, 0.5) is 0 Å². The topological polar surface area (TPSA) is 49.3 Å². The summed E-state index contributed by atoms with van der Waals surface area (Å²) >= 11 is 0. The van der Waals surface area contributed by atoms with E-state index in [0.717, 1.165) is 37.8 Å². The SMILES string of the molecule is O=Cc1ccccc1C(O)C1CCNCC1. The Morgan fingerprint density at radius 3 is 2.69 bits per heavy atom. The van der Waals surface area contributed by atoms with E-state index in [0.29, 0.717) is 5.56 Å². The molecule has 1 aliphatic heterocycles. The fourth-order valence-electron chi connectivity index (χ4n) is 2.30. The monoisotopic (exact) mass is 219 g/mol. The Kier molecular flexibility index (Phi) is 3.70. The Labute approximate surface area is 95.5 Å². The lowest BCUT2D eigenvalue weighted by atomic mass is 9.86. The maximum atomic E-state index is 10.9. The second-order valence-corrected chi connectivity index (χ2v) is 4.28. The number of aldehydes is 1. The number of aliphatic hydroxyl groups excluding tert-OH is 1. The summed E-state index contributed by atoms with van der Waals surface area (Å²) < 4.78 is 0. The lowest BCUT2D eigenvalue weighted by Crippen LogP contribution is -2.31. The number of rotatable bonds is 3. The summed E-state index contributed by atoms with van der Waals surface area (Å²) in [6, 6.07) is 7.29. The van der Waals surface area contributed by atoms with Crippen LogP contribution in [0.1, 0.15) is 34.9 Å².